The smallest absolute Gasteiger partial charge is 0.271 e. The van der Waals surface area contributed by atoms with Crippen LogP contribution in [0.4, 0.5) is 0 Å². The monoisotopic (exact) mass is 496 g/mol. The van der Waals surface area contributed by atoms with Gasteiger partial charge in [0.2, 0.25) is 0 Å². The van der Waals surface area contributed by atoms with E-state index in [0.29, 0.717) is 10.6 Å². The maximum Gasteiger partial charge on any atom is 0.271 e. The van der Waals surface area contributed by atoms with Gasteiger partial charge in [-0.3, -0.25) is 9.69 Å². The van der Waals surface area contributed by atoms with Gasteiger partial charge in [-0.2, -0.15) is 5.10 Å². The number of halogens is 1. The maximum atomic E-state index is 12.6. The van der Waals surface area contributed by atoms with Gasteiger partial charge in [-0.15, -0.1) is 0 Å². The van der Waals surface area contributed by atoms with Crippen molar-refractivity contribution in [1.29, 1.82) is 0 Å². The quantitative estimate of drug-likeness (QED) is 0.260. The summed E-state index contributed by atoms with van der Waals surface area (Å²) in [5.74, 6) is -0.228. The lowest BCUT2D eigenvalue weighted by atomic mass is 9.99. The van der Waals surface area contributed by atoms with E-state index in [9.17, 15) is 4.79 Å². The summed E-state index contributed by atoms with van der Waals surface area (Å²) < 4.78 is 2.12. The first-order valence-corrected chi connectivity index (χ1v) is 12.5. The molecule has 0 bridgehead atoms. The van der Waals surface area contributed by atoms with Crippen LogP contribution in [0, 0.1) is 13.8 Å². The van der Waals surface area contributed by atoms with E-state index < -0.39 is 0 Å². The van der Waals surface area contributed by atoms with Crippen molar-refractivity contribution in [1.82, 2.24) is 14.9 Å². The van der Waals surface area contributed by atoms with Gasteiger partial charge in [-0.1, -0.05) is 54.1 Å². The second-order valence-corrected chi connectivity index (χ2v) is 9.70. The molecule has 0 saturated carbocycles. The van der Waals surface area contributed by atoms with E-state index in [4.69, 9.17) is 11.6 Å². The zero-order chi connectivity index (χ0) is 25.1. The third-order valence-corrected chi connectivity index (χ3v) is 6.97. The van der Waals surface area contributed by atoms with E-state index in [1.54, 1.807) is 6.21 Å². The molecule has 2 heterocycles. The Bertz CT molecular complexity index is 1420. The number of hydrogen-bond donors (Lipinski definition) is 1. The first-order valence-electron chi connectivity index (χ1n) is 12.1. The van der Waals surface area contributed by atoms with Crippen LogP contribution in [0.1, 0.15) is 44.0 Å². The van der Waals surface area contributed by atoms with Gasteiger partial charge in [0.05, 0.1) is 6.21 Å². The number of nitrogens with zero attached hydrogens (tertiary/aromatic N) is 3. The molecule has 6 heteroatoms. The standard InChI is InChI=1S/C30H29ClN4O/c1-21-16-27(22(2)35(21)29-9-5-8-28(31)17-29)18-32-33-30(36)25-12-10-23(11-13-25)19-34-15-14-24-6-3-4-7-26(24)20-34/h3-13,16-18H,14-15,19-20H2,1-2H3,(H,33,36)/b32-18-. The van der Waals surface area contributed by atoms with Crippen LogP contribution in [0.15, 0.2) is 84.0 Å². The summed E-state index contributed by atoms with van der Waals surface area (Å²) in [6.45, 7) is 6.94. The third kappa shape index (κ3) is 5.27. The molecule has 0 radical (unpaired) electrons. The lowest BCUT2D eigenvalue weighted by Gasteiger charge is -2.28. The lowest BCUT2D eigenvalue weighted by molar-refractivity contribution is 0.0955. The van der Waals surface area contributed by atoms with Crippen molar-refractivity contribution >= 4 is 23.7 Å². The Morgan fingerprint density at radius 1 is 1.00 bits per heavy atom. The average Bonchev–Trinajstić information content (AvgIpc) is 3.17. The number of carbonyl (C=O) groups is 1. The normalized spacial score (nSPS) is 13.6. The molecular weight excluding hydrogens is 468 g/mol. The minimum atomic E-state index is -0.228. The van der Waals surface area contributed by atoms with Crippen molar-refractivity contribution < 1.29 is 4.79 Å². The minimum Gasteiger partial charge on any atom is -0.318 e. The second kappa shape index (κ2) is 10.5. The van der Waals surface area contributed by atoms with E-state index in [-0.39, 0.29) is 5.91 Å². The fourth-order valence-corrected chi connectivity index (χ4v) is 5.05. The molecule has 0 atom stereocenters. The van der Waals surface area contributed by atoms with Gasteiger partial charge in [-0.05, 0) is 73.4 Å². The molecule has 1 aliphatic rings. The summed E-state index contributed by atoms with van der Waals surface area (Å²) in [7, 11) is 0. The molecule has 0 spiro atoms. The summed E-state index contributed by atoms with van der Waals surface area (Å²) in [5, 5.41) is 4.90. The number of aromatic nitrogens is 1. The van der Waals surface area contributed by atoms with Crippen LogP contribution in [0.25, 0.3) is 5.69 Å². The van der Waals surface area contributed by atoms with E-state index >= 15 is 0 Å². The van der Waals surface area contributed by atoms with Crippen LogP contribution in [-0.2, 0) is 19.5 Å². The van der Waals surface area contributed by atoms with Crippen LogP contribution in [0.5, 0.6) is 0 Å². The van der Waals surface area contributed by atoms with Gasteiger partial charge in [0, 0.05) is 52.9 Å². The van der Waals surface area contributed by atoms with Gasteiger partial charge in [-0.25, -0.2) is 5.43 Å². The number of hydrogen-bond acceptors (Lipinski definition) is 3. The Hall–Kier alpha value is -3.67. The van der Waals surface area contributed by atoms with Gasteiger partial charge in [0.15, 0.2) is 0 Å². The molecule has 5 nitrogen and oxygen atoms in total. The molecule has 1 aliphatic heterocycles. The summed E-state index contributed by atoms with van der Waals surface area (Å²) in [5.41, 5.74) is 11.3. The summed E-state index contributed by atoms with van der Waals surface area (Å²) in [4.78, 5) is 15.1. The molecule has 3 aromatic carbocycles. The number of carbonyl (C=O) groups excluding carboxylic acids is 1. The zero-order valence-corrected chi connectivity index (χ0v) is 21.3. The fraction of sp³-hybridized carbons (Fsp3) is 0.200. The third-order valence-electron chi connectivity index (χ3n) is 6.74. The number of amides is 1. The van der Waals surface area contributed by atoms with Crippen molar-refractivity contribution in [2.75, 3.05) is 6.54 Å². The Morgan fingerprint density at radius 2 is 1.78 bits per heavy atom. The molecule has 0 fully saturated rings. The fourth-order valence-electron chi connectivity index (χ4n) is 4.86. The Labute approximate surface area is 217 Å². The number of nitrogens with one attached hydrogen (secondary N) is 1. The zero-order valence-electron chi connectivity index (χ0n) is 20.5. The topological polar surface area (TPSA) is 49.6 Å². The molecule has 1 amide bonds. The van der Waals surface area contributed by atoms with E-state index in [0.717, 1.165) is 48.7 Å². The predicted octanol–water partition coefficient (Wildman–Crippen LogP) is 6.07. The largest absolute Gasteiger partial charge is 0.318 e. The predicted molar refractivity (Wildman–Crippen MR) is 146 cm³/mol. The van der Waals surface area contributed by atoms with Crippen molar-refractivity contribution in [3.05, 3.63) is 123 Å². The maximum absolute atomic E-state index is 12.6. The highest BCUT2D eigenvalue weighted by Crippen LogP contribution is 2.23. The summed E-state index contributed by atoms with van der Waals surface area (Å²) in [6, 6.07) is 26.2. The molecule has 1 N–H and O–H groups in total. The molecule has 5 rings (SSSR count). The molecule has 0 saturated heterocycles. The number of benzene rings is 3. The van der Waals surface area contributed by atoms with Crippen molar-refractivity contribution in [2.45, 2.75) is 33.4 Å². The van der Waals surface area contributed by atoms with Crippen LogP contribution >= 0.6 is 11.6 Å². The Morgan fingerprint density at radius 3 is 2.56 bits per heavy atom. The van der Waals surface area contributed by atoms with E-state index in [1.165, 1.54) is 16.7 Å². The highest BCUT2D eigenvalue weighted by atomic mass is 35.5. The van der Waals surface area contributed by atoms with Gasteiger partial charge in [0.25, 0.3) is 5.91 Å². The molecular formula is C30H29ClN4O. The first kappa shape index (κ1) is 24.0. The molecule has 1 aromatic heterocycles. The van der Waals surface area contributed by atoms with Gasteiger partial charge < -0.3 is 4.57 Å². The second-order valence-electron chi connectivity index (χ2n) is 9.27. The number of rotatable bonds is 6. The number of fused-ring (bicyclic) bond motifs is 1. The molecule has 182 valence electrons. The van der Waals surface area contributed by atoms with Crippen LogP contribution in [0.3, 0.4) is 0 Å². The Kier molecular flexibility index (Phi) is 7.03. The van der Waals surface area contributed by atoms with E-state index in [1.807, 2.05) is 68.4 Å². The summed E-state index contributed by atoms with van der Waals surface area (Å²) >= 11 is 6.17. The summed E-state index contributed by atoms with van der Waals surface area (Å²) in [6.07, 6.45) is 2.76. The van der Waals surface area contributed by atoms with Crippen LogP contribution in [-0.4, -0.2) is 28.1 Å². The van der Waals surface area contributed by atoms with Crippen LogP contribution < -0.4 is 5.43 Å². The van der Waals surface area contributed by atoms with Crippen LogP contribution in [0.2, 0.25) is 5.02 Å². The highest BCUT2D eigenvalue weighted by Gasteiger charge is 2.16. The Balaban J connectivity index is 1.20. The van der Waals surface area contributed by atoms with Crippen molar-refractivity contribution in [3.8, 4) is 5.69 Å². The number of aryl methyl sites for hydroxylation is 1. The minimum absolute atomic E-state index is 0.228. The SMILES string of the molecule is Cc1cc(/C=N\NC(=O)c2ccc(CN3CCc4ccccc4C3)cc2)c(C)n1-c1cccc(Cl)c1. The van der Waals surface area contributed by atoms with Gasteiger partial charge >= 0.3 is 0 Å². The van der Waals surface area contributed by atoms with Crippen molar-refractivity contribution in [3.63, 3.8) is 0 Å². The lowest BCUT2D eigenvalue weighted by Crippen LogP contribution is -2.30. The highest BCUT2D eigenvalue weighted by molar-refractivity contribution is 6.30. The average molecular weight is 497 g/mol. The van der Waals surface area contributed by atoms with Crippen molar-refractivity contribution in [2.24, 2.45) is 5.10 Å². The molecule has 0 unspecified atom stereocenters. The molecule has 4 aromatic rings. The molecule has 36 heavy (non-hydrogen) atoms. The first-order chi connectivity index (χ1) is 17.5. The molecule has 0 aliphatic carbocycles. The van der Waals surface area contributed by atoms with E-state index in [2.05, 4.69) is 44.3 Å². The number of hydrazone groups is 1. The van der Waals surface area contributed by atoms with Gasteiger partial charge in [0.1, 0.15) is 0 Å².